The average molecular weight is 465 g/mol. The standard InChI is InChI=1S/C29H36O5/c1-19-17-28-15-12-22-26(2,29(28,33)16-11-21(19)18-28)14-13-23(27(22,3)25(31)32)34-24(30)10-9-20-7-5-4-6-8-20/h4-10,21-23,33H,1,11-18H2,2-3H3,(H,31,32)/b10-9+/t21-,22+,23-,26-,27+,28-,29-/m1/s1. The number of esters is 1. The first-order valence-corrected chi connectivity index (χ1v) is 12.6. The third-order valence-corrected chi connectivity index (χ3v) is 10.4. The predicted molar refractivity (Wildman–Crippen MR) is 130 cm³/mol. The van der Waals surface area contributed by atoms with Crippen molar-refractivity contribution in [3.05, 3.63) is 54.1 Å². The van der Waals surface area contributed by atoms with Gasteiger partial charge in [-0.05, 0) is 81.8 Å². The summed E-state index contributed by atoms with van der Waals surface area (Å²) in [5, 5.41) is 22.9. The van der Waals surface area contributed by atoms with Crippen LogP contribution in [0.15, 0.2) is 48.6 Å². The van der Waals surface area contributed by atoms with Crippen LogP contribution in [0.3, 0.4) is 0 Å². The number of aliphatic carboxylic acids is 1. The van der Waals surface area contributed by atoms with Crippen LogP contribution >= 0.6 is 0 Å². The molecule has 4 saturated carbocycles. The smallest absolute Gasteiger partial charge is 0.331 e. The monoisotopic (exact) mass is 464 g/mol. The molecular formula is C29H36O5. The number of hydrogen-bond donors (Lipinski definition) is 2. The van der Waals surface area contributed by atoms with Gasteiger partial charge in [0.05, 0.1) is 5.60 Å². The number of hydrogen-bond acceptors (Lipinski definition) is 4. The number of ether oxygens (including phenoxy) is 1. The first kappa shape index (κ1) is 23.3. The number of carboxylic acids is 1. The van der Waals surface area contributed by atoms with Crippen molar-refractivity contribution in [2.24, 2.45) is 28.1 Å². The summed E-state index contributed by atoms with van der Waals surface area (Å²) in [6.45, 7) is 8.15. The van der Waals surface area contributed by atoms with Crippen molar-refractivity contribution >= 4 is 18.0 Å². The number of carbonyl (C=O) groups is 2. The number of allylic oxidation sites excluding steroid dienone is 1. The summed E-state index contributed by atoms with van der Waals surface area (Å²) in [4.78, 5) is 25.5. The van der Waals surface area contributed by atoms with Gasteiger partial charge in [0, 0.05) is 16.9 Å². The molecule has 2 N–H and O–H groups in total. The maximum Gasteiger partial charge on any atom is 0.331 e. The van der Waals surface area contributed by atoms with E-state index in [0.717, 1.165) is 37.7 Å². The molecule has 0 saturated heterocycles. The summed E-state index contributed by atoms with van der Waals surface area (Å²) < 4.78 is 5.83. The van der Waals surface area contributed by atoms with Crippen molar-refractivity contribution in [3.63, 3.8) is 0 Å². The molecule has 0 aromatic heterocycles. The third-order valence-electron chi connectivity index (χ3n) is 10.4. The van der Waals surface area contributed by atoms with Gasteiger partial charge in [-0.1, -0.05) is 49.4 Å². The molecule has 0 aliphatic heterocycles. The first-order chi connectivity index (χ1) is 16.1. The molecule has 4 aliphatic rings. The fourth-order valence-electron chi connectivity index (χ4n) is 8.53. The Labute approximate surface area is 201 Å². The highest BCUT2D eigenvalue weighted by Crippen LogP contribution is 2.74. The van der Waals surface area contributed by atoms with E-state index in [2.05, 4.69) is 13.5 Å². The molecule has 4 fully saturated rings. The normalized spacial score (nSPS) is 43.3. The summed E-state index contributed by atoms with van der Waals surface area (Å²) in [7, 11) is 0. The van der Waals surface area contributed by atoms with Crippen molar-refractivity contribution in [3.8, 4) is 0 Å². The van der Waals surface area contributed by atoms with Gasteiger partial charge in [-0.2, -0.15) is 0 Å². The lowest BCUT2D eigenvalue weighted by Gasteiger charge is -2.68. The molecule has 2 bridgehead atoms. The Bertz CT molecular complexity index is 1050. The Balaban J connectivity index is 1.43. The van der Waals surface area contributed by atoms with E-state index in [-0.39, 0.29) is 11.3 Å². The van der Waals surface area contributed by atoms with Crippen LogP contribution in [0.5, 0.6) is 0 Å². The van der Waals surface area contributed by atoms with Gasteiger partial charge in [-0.25, -0.2) is 4.79 Å². The number of benzene rings is 1. The first-order valence-electron chi connectivity index (χ1n) is 12.6. The zero-order chi connectivity index (χ0) is 24.4. The zero-order valence-corrected chi connectivity index (χ0v) is 20.3. The second-order valence-electron chi connectivity index (χ2n) is 11.7. The number of carboxylic acid groups (broad SMARTS) is 1. The zero-order valence-electron chi connectivity index (χ0n) is 20.3. The highest BCUT2D eigenvalue weighted by Gasteiger charge is 2.74. The molecule has 7 atom stereocenters. The van der Waals surface area contributed by atoms with E-state index < -0.39 is 34.5 Å². The van der Waals surface area contributed by atoms with E-state index in [4.69, 9.17) is 4.74 Å². The molecule has 182 valence electrons. The van der Waals surface area contributed by atoms with Crippen molar-refractivity contribution < 1.29 is 24.5 Å². The maximum atomic E-state index is 12.8. The fourth-order valence-corrected chi connectivity index (χ4v) is 8.53. The molecule has 4 aliphatic carbocycles. The van der Waals surface area contributed by atoms with Crippen LogP contribution in [-0.4, -0.2) is 33.9 Å². The number of rotatable bonds is 4. The van der Waals surface area contributed by atoms with Crippen LogP contribution in [0.25, 0.3) is 6.08 Å². The van der Waals surface area contributed by atoms with E-state index in [1.54, 1.807) is 13.0 Å². The lowest BCUT2D eigenvalue weighted by molar-refractivity contribution is -0.276. The Morgan fingerprint density at radius 3 is 2.53 bits per heavy atom. The lowest BCUT2D eigenvalue weighted by atomic mass is 9.38. The van der Waals surface area contributed by atoms with Crippen LogP contribution in [0, 0.1) is 28.1 Å². The van der Waals surface area contributed by atoms with Gasteiger partial charge in [0.25, 0.3) is 0 Å². The summed E-state index contributed by atoms with van der Waals surface area (Å²) in [5.74, 6) is -1.26. The topological polar surface area (TPSA) is 83.8 Å². The largest absolute Gasteiger partial charge is 0.481 e. The van der Waals surface area contributed by atoms with Crippen LogP contribution in [0.1, 0.15) is 70.8 Å². The fraction of sp³-hybridized carbons (Fsp3) is 0.586. The molecule has 5 rings (SSSR count). The molecule has 1 aromatic rings. The van der Waals surface area contributed by atoms with Crippen LogP contribution in [0.4, 0.5) is 0 Å². The van der Waals surface area contributed by atoms with Gasteiger partial charge in [-0.3, -0.25) is 4.79 Å². The van der Waals surface area contributed by atoms with Gasteiger partial charge >= 0.3 is 11.9 Å². The SMILES string of the molecule is C=C1C[C@@]23CC[C@@H]4[C@](C)(C(=O)O)[C@H](OC(=O)/C=C/c5ccccc5)CC[C@@]4(C)[C@]2(O)CC[C@@H]1C3. The summed E-state index contributed by atoms with van der Waals surface area (Å²) >= 11 is 0. The van der Waals surface area contributed by atoms with Crippen molar-refractivity contribution in [2.75, 3.05) is 0 Å². The third kappa shape index (κ3) is 3.08. The average Bonchev–Trinajstić information content (AvgIpc) is 3.08. The van der Waals surface area contributed by atoms with Crippen molar-refractivity contribution in [1.29, 1.82) is 0 Å². The lowest BCUT2D eigenvalue weighted by Crippen LogP contribution is -2.71. The molecule has 1 aromatic carbocycles. The highest BCUT2D eigenvalue weighted by molar-refractivity contribution is 5.87. The van der Waals surface area contributed by atoms with Gasteiger partial charge in [0.1, 0.15) is 11.5 Å². The second-order valence-corrected chi connectivity index (χ2v) is 11.7. The Morgan fingerprint density at radius 1 is 1.09 bits per heavy atom. The van der Waals surface area contributed by atoms with Gasteiger partial charge in [0.15, 0.2) is 0 Å². The second kappa shape index (κ2) is 7.81. The quantitative estimate of drug-likeness (QED) is 0.355. The summed E-state index contributed by atoms with van der Waals surface area (Å²) in [6, 6.07) is 9.47. The molecule has 5 nitrogen and oxygen atoms in total. The van der Waals surface area contributed by atoms with Crippen molar-refractivity contribution in [1.82, 2.24) is 0 Å². The van der Waals surface area contributed by atoms with E-state index in [9.17, 15) is 19.8 Å². The molecule has 0 heterocycles. The number of aliphatic hydroxyl groups is 1. The molecule has 34 heavy (non-hydrogen) atoms. The number of carbonyl (C=O) groups excluding carboxylic acids is 1. The minimum absolute atomic E-state index is 0.195. The van der Waals surface area contributed by atoms with E-state index in [1.807, 2.05) is 30.3 Å². The minimum Gasteiger partial charge on any atom is -0.481 e. The summed E-state index contributed by atoms with van der Waals surface area (Å²) in [5.41, 5.74) is -0.779. The molecule has 0 radical (unpaired) electrons. The Kier molecular flexibility index (Phi) is 5.36. The molecule has 1 spiro atoms. The molecule has 5 heteroatoms. The van der Waals surface area contributed by atoms with E-state index in [0.29, 0.717) is 25.2 Å². The Morgan fingerprint density at radius 2 is 1.82 bits per heavy atom. The van der Waals surface area contributed by atoms with Gasteiger partial charge in [-0.15, -0.1) is 0 Å². The van der Waals surface area contributed by atoms with Gasteiger partial charge < -0.3 is 14.9 Å². The molecule has 0 amide bonds. The highest BCUT2D eigenvalue weighted by atomic mass is 16.5. The maximum absolute atomic E-state index is 12.8. The van der Waals surface area contributed by atoms with Crippen molar-refractivity contribution in [2.45, 2.75) is 76.9 Å². The molecular weight excluding hydrogens is 428 g/mol. The van der Waals surface area contributed by atoms with Crippen LogP contribution in [-0.2, 0) is 14.3 Å². The van der Waals surface area contributed by atoms with Gasteiger partial charge in [0.2, 0.25) is 0 Å². The van der Waals surface area contributed by atoms with Crippen LogP contribution in [0.2, 0.25) is 0 Å². The molecule has 0 unspecified atom stereocenters. The minimum atomic E-state index is -1.26. The van der Waals surface area contributed by atoms with E-state index in [1.165, 1.54) is 11.6 Å². The van der Waals surface area contributed by atoms with E-state index >= 15 is 0 Å². The summed E-state index contributed by atoms with van der Waals surface area (Å²) in [6.07, 6.45) is 8.37. The Hall–Kier alpha value is -2.40. The predicted octanol–water partition coefficient (Wildman–Crippen LogP) is 5.39. The van der Waals surface area contributed by atoms with Crippen LogP contribution < -0.4 is 0 Å². The number of fused-ring (bicyclic) bond motifs is 3.